The maximum absolute atomic E-state index is 5.99. The molecule has 0 aromatic heterocycles. The first-order valence-corrected chi connectivity index (χ1v) is 7.89. The minimum Gasteiger partial charge on any atom is -0.378 e. The van der Waals surface area contributed by atoms with E-state index in [4.69, 9.17) is 5.73 Å². The second-order valence-corrected chi connectivity index (χ2v) is 6.17. The van der Waals surface area contributed by atoms with Crippen molar-refractivity contribution < 1.29 is 0 Å². The number of hydrogen-bond acceptors (Lipinski definition) is 2. The van der Waals surface area contributed by atoms with Gasteiger partial charge in [0.2, 0.25) is 0 Å². The molecule has 2 aromatic carbocycles. The van der Waals surface area contributed by atoms with Gasteiger partial charge >= 0.3 is 0 Å². The number of aliphatic imine (C=N–C) groups is 1. The van der Waals surface area contributed by atoms with Crippen LogP contribution in [0.25, 0.3) is 0 Å². The highest BCUT2D eigenvalue weighted by atomic mass is 127. The average Bonchev–Trinajstić information content (AvgIpc) is 2.53. The normalized spacial score (nSPS) is 11.1. The predicted octanol–water partition coefficient (Wildman–Crippen LogP) is 4.42. The fraction of sp³-hybridized carbons (Fsp3) is 0.316. The van der Waals surface area contributed by atoms with E-state index in [0.717, 1.165) is 11.3 Å². The molecule has 0 radical (unpaired) electrons. The molecule has 2 rings (SSSR count). The Kier molecular flexibility index (Phi) is 8.04. The number of halogens is 1. The van der Waals surface area contributed by atoms with Crippen LogP contribution < -0.4 is 16.0 Å². The van der Waals surface area contributed by atoms with Crippen LogP contribution in [0.1, 0.15) is 30.9 Å². The maximum Gasteiger partial charge on any atom is 0.193 e. The number of nitrogens with two attached hydrogens (primary N) is 1. The molecule has 24 heavy (non-hydrogen) atoms. The summed E-state index contributed by atoms with van der Waals surface area (Å²) < 4.78 is 0. The van der Waals surface area contributed by atoms with Gasteiger partial charge in [-0.2, -0.15) is 0 Å². The fourth-order valence-electron chi connectivity index (χ4n) is 2.24. The first kappa shape index (κ1) is 20.3. The van der Waals surface area contributed by atoms with E-state index in [0.29, 0.717) is 18.4 Å². The maximum atomic E-state index is 5.99. The van der Waals surface area contributed by atoms with E-state index < -0.39 is 0 Å². The second-order valence-electron chi connectivity index (χ2n) is 6.17. The summed E-state index contributed by atoms with van der Waals surface area (Å²) in [4.78, 5) is 6.48. The van der Waals surface area contributed by atoms with Gasteiger partial charge in [0.1, 0.15) is 0 Å². The number of hydrogen-bond donors (Lipinski definition) is 2. The first-order chi connectivity index (χ1) is 11.0. The van der Waals surface area contributed by atoms with Gasteiger partial charge in [0.25, 0.3) is 0 Å². The van der Waals surface area contributed by atoms with Gasteiger partial charge in [0, 0.05) is 25.5 Å². The standard InChI is InChI=1S/C19H26N4.HI/c1-14(2)16-6-5-7-17(12-16)22-19(20)21-13-15-8-10-18(11-9-15)23(3)4;/h5-12,14H,13H2,1-4H3,(H3,20,21,22);1H. The monoisotopic (exact) mass is 438 g/mol. The quantitative estimate of drug-likeness (QED) is 0.413. The van der Waals surface area contributed by atoms with Crippen molar-refractivity contribution in [2.24, 2.45) is 10.7 Å². The summed E-state index contributed by atoms with van der Waals surface area (Å²) in [6.07, 6.45) is 0. The molecule has 0 amide bonds. The zero-order valence-electron chi connectivity index (χ0n) is 14.8. The molecule has 0 heterocycles. The van der Waals surface area contributed by atoms with Crippen molar-refractivity contribution in [3.8, 4) is 0 Å². The Morgan fingerprint density at radius 1 is 1.12 bits per heavy atom. The average molecular weight is 438 g/mol. The molecule has 0 saturated heterocycles. The molecule has 0 bridgehead atoms. The van der Waals surface area contributed by atoms with Crippen molar-refractivity contribution in [3.63, 3.8) is 0 Å². The molecule has 130 valence electrons. The SMILES string of the molecule is CC(C)c1cccc(NC(N)=NCc2ccc(N(C)C)cc2)c1.I. The molecule has 4 nitrogen and oxygen atoms in total. The molecule has 2 aromatic rings. The molecule has 0 aliphatic heterocycles. The number of rotatable bonds is 5. The molecule has 0 aliphatic carbocycles. The van der Waals surface area contributed by atoms with Crippen LogP contribution in [0.5, 0.6) is 0 Å². The van der Waals surface area contributed by atoms with Crippen LogP contribution in [0.2, 0.25) is 0 Å². The van der Waals surface area contributed by atoms with Crippen molar-refractivity contribution in [1.29, 1.82) is 0 Å². The zero-order chi connectivity index (χ0) is 16.8. The molecule has 3 N–H and O–H groups in total. The van der Waals surface area contributed by atoms with Gasteiger partial charge in [-0.3, -0.25) is 0 Å². The van der Waals surface area contributed by atoms with E-state index >= 15 is 0 Å². The van der Waals surface area contributed by atoms with Crippen LogP contribution >= 0.6 is 24.0 Å². The summed E-state index contributed by atoms with van der Waals surface area (Å²) in [5.74, 6) is 0.924. The van der Waals surface area contributed by atoms with Crippen molar-refractivity contribution in [2.75, 3.05) is 24.3 Å². The number of benzene rings is 2. The Bertz CT molecular complexity index is 663. The van der Waals surface area contributed by atoms with Gasteiger partial charge in [0.15, 0.2) is 5.96 Å². The highest BCUT2D eigenvalue weighted by Gasteiger charge is 2.01. The van der Waals surface area contributed by atoms with Gasteiger partial charge in [-0.05, 0) is 41.3 Å². The van der Waals surface area contributed by atoms with Gasteiger partial charge < -0.3 is 16.0 Å². The third-order valence-corrected chi connectivity index (χ3v) is 3.71. The third-order valence-electron chi connectivity index (χ3n) is 3.71. The van der Waals surface area contributed by atoms with Gasteiger partial charge in [-0.25, -0.2) is 4.99 Å². The van der Waals surface area contributed by atoms with Crippen molar-refractivity contribution >= 4 is 41.3 Å². The van der Waals surface area contributed by atoms with Gasteiger partial charge in [-0.1, -0.05) is 38.1 Å². The largest absolute Gasteiger partial charge is 0.378 e. The van der Waals surface area contributed by atoms with Crippen molar-refractivity contribution in [3.05, 3.63) is 59.7 Å². The lowest BCUT2D eigenvalue weighted by atomic mass is 10.0. The molecule has 0 aliphatic rings. The highest BCUT2D eigenvalue weighted by Crippen LogP contribution is 2.18. The Balaban J connectivity index is 0.00000288. The van der Waals surface area contributed by atoms with E-state index in [-0.39, 0.29) is 24.0 Å². The Morgan fingerprint density at radius 3 is 2.38 bits per heavy atom. The number of guanidine groups is 1. The molecule has 5 heteroatoms. The van der Waals surface area contributed by atoms with Gasteiger partial charge in [0.05, 0.1) is 6.54 Å². The van der Waals surface area contributed by atoms with Crippen molar-refractivity contribution in [2.45, 2.75) is 26.3 Å². The van der Waals surface area contributed by atoms with Crippen LogP contribution in [0.4, 0.5) is 11.4 Å². The molecule has 0 atom stereocenters. The minimum absolute atomic E-state index is 0. The smallest absolute Gasteiger partial charge is 0.193 e. The van der Waals surface area contributed by atoms with Crippen LogP contribution in [0.15, 0.2) is 53.5 Å². The molecule has 0 spiro atoms. The lowest BCUT2D eigenvalue weighted by molar-refractivity contribution is 0.867. The van der Waals surface area contributed by atoms with Crippen LogP contribution in [-0.4, -0.2) is 20.1 Å². The first-order valence-electron chi connectivity index (χ1n) is 7.89. The summed E-state index contributed by atoms with van der Waals surface area (Å²) in [7, 11) is 4.06. The van der Waals surface area contributed by atoms with Crippen LogP contribution in [0.3, 0.4) is 0 Å². The summed E-state index contributed by atoms with van der Waals surface area (Å²) in [6, 6.07) is 16.6. The molecule has 0 unspecified atom stereocenters. The van der Waals surface area contributed by atoms with Crippen molar-refractivity contribution in [1.82, 2.24) is 0 Å². The molecule has 0 saturated carbocycles. The fourth-order valence-corrected chi connectivity index (χ4v) is 2.24. The van der Waals surface area contributed by atoms with E-state index in [1.807, 2.05) is 26.2 Å². The summed E-state index contributed by atoms with van der Waals surface area (Å²) in [5.41, 5.74) is 10.6. The topological polar surface area (TPSA) is 53.6 Å². The second kappa shape index (κ2) is 9.52. The summed E-state index contributed by atoms with van der Waals surface area (Å²) in [5, 5.41) is 3.16. The Labute approximate surface area is 162 Å². The number of nitrogens with zero attached hydrogens (tertiary/aromatic N) is 2. The third kappa shape index (κ3) is 6.03. The Hall–Kier alpha value is -1.76. The predicted molar refractivity (Wildman–Crippen MR) is 116 cm³/mol. The lowest BCUT2D eigenvalue weighted by Crippen LogP contribution is -2.22. The molecular weight excluding hydrogens is 411 g/mol. The van der Waals surface area contributed by atoms with E-state index in [1.54, 1.807) is 0 Å². The van der Waals surface area contributed by atoms with E-state index in [9.17, 15) is 0 Å². The molecular formula is C19H27IN4. The number of anilines is 2. The van der Waals surface area contributed by atoms with Crippen LogP contribution in [0, 0.1) is 0 Å². The van der Waals surface area contributed by atoms with E-state index in [1.165, 1.54) is 11.3 Å². The van der Waals surface area contributed by atoms with Gasteiger partial charge in [-0.15, -0.1) is 24.0 Å². The Morgan fingerprint density at radius 2 is 1.79 bits per heavy atom. The highest BCUT2D eigenvalue weighted by molar-refractivity contribution is 14.0. The molecule has 0 fully saturated rings. The summed E-state index contributed by atoms with van der Waals surface area (Å²) >= 11 is 0. The van der Waals surface area contributed by atoms with E-state index in [2.05, 4.69) is 65.5 Å². The van der Waals surface area contributed by atoms with Crippen LogP contribution in [-0.2, 0) is 6.54 Å². The lowest BCUT2D eigenvalue weighted by Gasteiger charge is -2.12. The minimum atomic E-state index is 0. The summed E-state index contributed by atoms with van der Waals surface area (Å²) in [6.45, 7) is 4.91. The zero-order valence-corrected chi connectivity index (χ0v) is 17.1. The number of nitrogens with one attached hydrogen (secondary N) is 1.